The molecular formula is C26H25F2N7O. The second kappa shape index (κ2) is 9.09. The van der Waals surface area contributed by atoms with Crippen molar-refractivity contribution in [2.75, 3.05) is 26.0 Å². The summed E-state index contributed by atoms with van der Waals surface area (Å²) in [7, 11) is 1.66. The molecule has 1 aliphatic heterocycles. The lowest BCUT2D eigenvalue weighted by Gasteiger charge is -2.26. The van der Waals surface area contributed by atoms with E-state index >= 15 is 4.39 Å². The molecule has 36 heavy (non-hydrogen) atoms. The lowest BCUT2D eigenvalue weighted by molar-refractivity contribution is 0.134. The molecule has 1 saturated heterocycles. The van der Waals surface area contributed by atoms with E-state index in [1.807, 2.05) is 4.68 Å². The first-order valence-electron chi connectivity index (χ1n) is 11.4. The minimum absolute atomic E-state index is 0.0347. The second-order valence-electron chi connectivity index (χ2n) is 8.75. The van der Waals surface area contributed by atoms with Crippen LogP contribution >= 0.6 is 0 Å². The first kappa shape index (κ1) is 23.5. The number of nitrogens with two attached hydrogens (primary N) is 1. The molecule has 0 radical (unpaired) electrons. The summed E-state index contributed by atoms with van der Waals surface area (Å²) in [5.74, 6) is 4.55. The first-order chi connectivity index (χ1) is 17.3. The number of rotatable bonds is 5. The number of nitrogen functional groups attached to an aromatic ring is 1. The maximum absolute atomic E-state index is 15.0. The summed E-state index contributed by atoms with van der Waals surface area (Å²) < 4.78 is 37.0. The lowest BCUT2D eigenvalue weighted by Crippen LogP contribution is -2.31. The molecule has 1 aromatic carbocycles. The van der Waals surface area contributed by atoms with Gasteiger partial charge in [0.15, 0.2) is 5.82 Å². The van der Waals surface area contributed by atoms with Gasteiger partial charge in [-0.05, 0) is 31.4 Å². The minimum Gasteiger partial charge on any atom is -0.383 e. The standard InChI is InChI=1S/C26H25F2N7O/c1-5-14(2)34-12-16(10-17(34)13-36-4)35-22-8-9-30-26(29)23(22)20(33-35)7-6-18-19(27)11-21-25(24(18)28)32-15(3)31-21/h5,8-9,11,16-17H,1-2,10,12-13H2,3-4H3,(H2,29,30)(H,31,32)/t16-,17+/m0/s1. The zero-order valence-electron chi connectivity index (χ0n) is 20.0. The molecule has 5 rings (SSSR count). The van der Waals surface area contributed by atoms with E-state index in [0.29, 0.717) is 24.4 Å². The van der Waals surface area contributed by atoms with Crippen LogP contribution < -0.4 is 5.73 Å². The number of fused-ring (bicyclic) bond motifs is 2. The Morgan fingerprint density at radius 3 is 2.94 bits per heavy atom. The highest BCUT2D eigenvalue weighted by Gasteiger charge is 2.35. The van der Waals surface area contributed by atoms with Crippen molar-refractivity contribution < 1.29 is 13.5 Å². The molecule has 1 aliphatic rings. The van der Waals surface area contributed by atoms with Crippen LogP contribution in [0.5, 0.6) is 0 Å². The summed E-state index contributed by atoms with van der Waals surface area (Å²) in [6.45, 7) is 10.7. The van der Waals surface area contributed by atoms with Crippen LogP contribution in [-0.4, -0.2) is 55.9 Å². The number of allylic oxidation sites excluding steroid dienone is 1. The molecule has 0 aliphatic carbocycles. The topological polar surface area (TPSA) is 97.9 Å². The number of aromatic nitrogens is 5. The highest BCUT2D eigenvalue weighted by Crippen LogP contribution is 2.34. The second-order valence-corrected chi connectivity index (χ2v) is 8.75. The van der Waals surface area contributed by atoms with Gasteiger partial charge in [-0.3, -0.25) is 4.68 Å². The number of halogens is 2. The number of likely N-dealkylation sites (tertiary alicyclic amines) is 1. The van der Waals surface area contributed by atoms with Crippen LogP contribution in [0.25, 0.3) is 21.9 Å². The number of benzene rings is 1. The number of pyridine rings is 1. The predicted octanol–water partition coefficient (Wildman–Crippen LogP) is 3.84. The summed E-state index contributed by atoms with van der Waals surface area (Å²) in [6.07, 6.45) is 4.05. The maximum atomic E-state index is 15.0. The largest absolute Gasteiger partial charge is 0.383 e. The molecular weight excluding hydrogens is 464 g/mol. The van der Waals surface area contributed by atoms with Crippen molar-refractivity contribution in [1.29, 1.82) is 0 Å². The van der Waals surface area contributed by atoms with Crippen LogP contribution in [0, 0.1) is 30.4 Å². The molecule has 3 N–H and O–H groups in total. The van der Waals surface area contributed by atoms with Gasteiger partial charge >= 0.3 is 0 Å². The van der Waals surface area contributed by atoms with Crippen LogP contribution in [0.3, 0.4) is 0 Å². The predicted molar refractivity (Wildman–Crippen MR) is 134 cm³/mol. The molecule has 0 bridgehead atoms. The number of aromatic amines is 1. The van der Waals surface area contributed by atoms with Gasteiger partial charge in [-0.1, -0.05) is 19.1 Å². The van der Waals surface area contributed by atoms with Crippen molar-refractivity contribution in [2.24, 2.45) is 0 Å². The average Bonchev–Trinajstić information content (AvgIpc) is 3.54. The van der Waals surface area contributed by atoms with Gasteiger partial charge in [0.25, 0.3) is 0 Å². The SMILES string of the molecule is C=CC(=C)N1C[C@@H](n2nc(C#Cc3c(F)cc4[nH]c(C)nc4c3F)c3c(N)nccc32)C[C@@H]1COC. The lowest BCUT2D eigenvalue weighted by atomic mass is 10.1. The van der Waals surface area contributed by atoms with Gasteiger partial charge in [0.2, 0.25) is 0 Å². The molecule has 4 heterocycles. The van der Waals surface area contributed by atoms with Crippen molar-refractivity contribution in [2.45, 2.75) is 25.4 Å². The molecule has 8 nitrogen and oxygen atoms in total. The summed E-state index contributed by atoms with van der Waals surface area (Å²) in [5, 5.41) is 5.25. The highest BCUT2D eigenvalue weighted by molar-refractivity contribution is 5.93. The molecule has 184 valence electrons. The molecule has 4 aromatic rings. The number of hydrogen-bond donors (Lipinski definition) is 2. The Morgan fingerprint density at radius 1 is 1.39 bits per heavy atom. The monoisotopic (exact) mass is 489 g/mol. The van der Waals surface area contributed by atoms with E-state index in [-0.39, 0.29) is 40.2 Å². The third-order valence-electron chi connectivity index (χ3n) is 6.44. The van der Waals surface area contributed by atoms with E-state index in [9.17, 15) is 4.39 Å². The van der Waals surface area contributed by atoms with Gasteiger partial charge in [-0.25, -0.2) is 18.7 Å². The Balaban J connectivity index is 1.59. The zero-order valence-corrected chi connectivity index (χ0v) is 20.0. The molecule has 0 saturated carbocycles. The first-order valence-corrected chi connectivity index (χ1v) is 11.4. The third-order valence-corrected chi connectivity index (χ3v) is 6.44. The Kier molecular flexibility index (Phi) is 5.94. The molecule has 2 atom stereocenters. The number of nitrogens with zero attached hydrogens (tertiary/aromatic N) is 5. The van der Waals surface area contributed by atoms with Crippen LogP contribution in [0.1, 0.15) is 29.5 Å². The fourth-order valence-electron chi connectivity index (χ4n) is 4.81. The van der Waals surface area contributed by atoms with E-state index < -0.39 is 11.6 Å². The Bertz CT molecular complexity index is 1580. The summed E-state index contributed by atoms with van der Waals surface area (Å²) in [5.41, 5.74) is 7.94. The fraction of sp³-hybridized carbons (Fsp3) is 0.269. The van der Waals surface area contributed by atoms with E-state index in [1.165, 1.54) is 6.07 Å². The van der Waals surface area contributed by atoms with Crippen molar-refractivity contribution in [1.82, 2.24) is 29.6 Å². The van der Waals surface area contributed by atoms with E-state index in [1.54, 1.807) is 32.4 Å². The highest BCUT2D eigenvalue weighted by atomic mass is 19.1. The Hall–Kier alpha value is -4.23. The molecule has 0 unspecified atom stereocenters. The van der Waals surface area contributed by atoms with Gasteiger partial charge in [0, 0.05) is 31.6 Å². The Labute approximate surface area is 206 Å². The summed E-state index contributed by atoms with van der Waals surface area (Å²) in [4.78, 5) is 13.2. The zero-order chi connectivity index (χ0) is 25.6. The number of ether oxygens (including phenoxy) is 1. The number of hydrogen-bond acceptors (Lipinski definition) is 6. The maximum Gasteiger partial charge on any atom is 0.169 e. The number of nitrogens with one attached hydrogen (secondary N) is 1. The molecule has 0 amide bonds. The molecule has 1 fully saturated rings. The van der Waals surface area contributed by atoms with Gasteiger partial charge in [-0.2, -0.15) is 5.10 Å². The third kappa shape index (κ3) is 3.87. The van der Waals surface area contributed by atoms with Gasteiger partial charge in [0.05, 0.1) is 40.7 Å². The Morgan fingerprint density at radius 2 is 2.19 bits per heavy atom. The quantitative estimate of drug-likeness (QED) is 0.327. The minimum atomic E-state index is -0.825. The van der Waals surface area contributed by atoms with Crippen LogP contribution in [0.2, 0.25) is 0 Å². The van der Waals surface area contributed by atoms with Crippen LogP contribution in [0.15, 0.2) is 43.3 Å². The number of H-pyrrole nitrogens is 1. The smallest absolute Gasteiger partial charge is 0.169 e. The van der Waals surface area contributed by atoms with Gasteiger partial charge in [-0.15, -0.1) is 0 Å². The van der Waals surface area contributed by atoms with Crippen molar-refractivity contribution >= 4 is 27.8 Å². The average molecular weight is 490 g/mol. The van der Waals surface area contributed by atoms with E-state index in [0.717, 1.165) is 17.6 Å². The van der Waals surface area contributed by atoms with Crippen molar-refractivity contribution in [3.8, 4) is 11.8 Å². The number of aryl methyl sites for hydroxylation is 1. The molecule has 0 spiro atoms. The summed E-state index contributed by atoms with van der Waals surface area (Å²) in [6, 6.07) is 3.04. The number of imidazole rings is 1. The van der Waals surface area contributed by atoms with Crippen LogP contribution in [-0.2, 0) is 4.74 Å². The van der Waals surface area contributed by atoms with Gasteiger partial charge < -0.3 is 20.4 Å². The normalized spacial score (nSPS) is 17.5. The molecule has 10 heteroatoms. The van der Waals surface area contributed by atoms with Crippen molar-refractivity contribution in [3.05, 3.63) is 72.0 Å². The number of anilines is 1. The summed E-state index contributed by atoms with van der Waals surface area (Å²) >= 11 is 0. The van der Waals surface area contributed by atoms with Crippen molar-refractivity contribution in [3.63, 3.8) is 0 Å². The van der Waals surface area contributed by atoms with E-state index in [4.69, 9.17) is 15.6 Å². The number of methoxy groups -OCH3 is 1. The van der Waals surface area contributed by atoms with Crippen LogP contribution in [0.4, 0.5) is 14.6 Å². The van der Waals surface area contributed by atoms with Gasteiger partial charge in [0.1, 0.15) is 28.7 Å². The molecule has 3 aromatic heterocycles. The van der Waals surface area contributed by atoms with E-state index in [2.05, 4.69) is 44.9 Å². The fourth-order valence-corrected chi connectivity index (χ4v) is 4.81.